The van der Waals surface area contributed by atoms with E-state index in [1.54, 1.807) is 6.20 Å². The maximum Gasteiger partial charge on any atom is 0.293 e. The van der Waals surface area contributed by atoms with Crippen molar-refractivity contribution >= 4 is 17.5 Å². The topological polar surface area (TPSA) is 147 Å². The Labute approximate surface area is 238 Å². The van der Waals surface area contributed by atoms with Crippen LogP contribution < -0.4 is 10.6 Å². The Hall–Kier alpha value is -4.16. The number of anilines is 2. The molecule has 3 N–H and O–H groups in total. The molecule has 0 aliphatic carbocycles. The Morgan fingerprint density at radius 2 is 2.07 bits per heavy atom. The van der Waals surface area contributed by atoms with Crippen LogP contribution in [0.15, 0.2) is 41.2 Å². The molecule has 0 saturated heterocycles. The number of rotatable bonds is 7. The zero-order valence-corrected chi connectivity index (χ0v) is 23.6. The Bertz CT molecular complexity index is 1560. The molecule has 214 valence electrons. The number of carbonyl (C=O) groups excluding carboxylic acids is 1. The molecule has 0 saturated carbocycles. The third-order valence-corrected chi connectivity index (χ3v) is 7.57. The molecule has 41 heavy (non-hydrogen) atoms. The highest BCUT2D eigenvalue weighted by molar-refractivity contribution is 5.90. The molecule has 12 nitrogen and oxygen atoms in total. The van der Waals surface area contributed by atoms with E-state index in [1.807, 2.05) is 43.8 Å². The Kier molecular flexibility index (Phi) is 7.26. The smallest absolute Gasteiger partial charge is 0.293 e. The van der Waals surface area contributed by atoms with Gasteiger partial charge in [0.05, 0.1) is 35.9 Å². The molecule has 0 spiro atoms. The Balaban J connectivity index is 1.26. The van der Waals surface area contributed by atoms with Crippen molar-refractivity contribution in [3.05, 3.63) is 65.2 Å². The van der Waals surface area contributed by atoms with Crippen LogP contribution in [0.5, 0.6) is 0 Å². The number of hydrogen-bond donors (Lipinski definition) is 3. The predicted molar refractivity (Wildman–Crippen MR) is 151 cm³/mol. The number of β-amino-alcohol motifs (C(OH)–C–C–N with tert-alkyl or cyclic N) is 1. The van der Waals surface area contributed by atoms with Gasteiger partial charge in [0.1, 0.15) is 0 Å². The molecule has 0 unspecified atom stereocenters. The van der Waals surface area contributed by atoms with Crippen LogP contribution in [0.1, 0.15) is 73.0 Å². The molecule has 6 rings (SSSR count). The number of hydrogen-bond acceptors (Lipinski definition) is 10. The minimum atomic E-state index is -0.377. The fourth-order valence-corrected chi connectivity index (χ4v) is 5.42. The van der Waals surface area contributed by atoms with E-state index in [1.165, 1.54) is 5.69 Å². The number of nitrogens with zero attached hydrogens (tertiary/aromatic N) is 7. The van der Waals surface area contributed by atoms with Crippen molar-refractivity contribution < 1.29 is 14.4 Å². The number of aliphatic hydroxyl groups excluding tert-OH is 1. The Morgan fingerprint density at radius 3 is 2.88 bits per heavy atom. The molecule has 1 aromatic carbocycles. The molecular weight excluding hydrogens is 522 g/mol. The van der Waals surface area contributed by atoms with Crippen molar-refractivity contribution in [2.45, 2.75) is 64.6 Å². The molecule has 0 bridgehead atoms. The van der Waals surface area contributed by atoms with E-state index in [4.69, 9.17) is 9.51 Å². The van der Waals surface area contributed by atoms with Gasteiger partial charge in [0, 0.05) is 43.4 Å². The van der Waals surface area contributed by atoms with Crippen molar-refractivity contribution in [1.29, 1.82) is 0 Å². The van der Waals surface area contributed by atoms with E-state index in [0.29, 0.717) is 37.9 Å². The molecule has 12 heteroatoms. The maximum atomic E-state index is 13.1. The zero-order chi connectivity index (χ0) is 28.6. The molecule has 2 aliphatic rings. The first kappa shape index (κ1) is 27.0. The number of carbonyl (C=O) groups is 1. The Morgan fingerprint density at radius 1 is 1.20 bits per heavy atom. The summed E-state index contributed by atoms with van der Waals surface area (Å²) >= 11 is 0. The molecule has 3 aromatic heterocycles. The lowest BCUT2D eigenvalue weighted by Gasteiger charge is -2.19. The van der Waals surface area contributed by atoms with Crippen LogP contribution in [0, 0.1) is 0 Å². The second-order valence-corrected chi connectivity index (χ2v) is 11.6. The highest BCUT2D eigenvalue weighted by Crippen LogP contribution is 2.32. The molecule has 1 amide bonds. The first-order chi connectivity index (χ1) is 19.8. The van der Waals surface area contributed by atoms with E-state index in [2.05, 4.69) is 47.9 Å². The summed E-state index contributed by atoms with van der Waals surface area (Å²) in [4.78, 5) is 28.9. The number of nitrogens with one attached hydrogen (secondary N) is 2. The van der Waals surface area contributed by atoms with Crippen molar-refractivity contribution in [3.63, 3.8) is 0 Å². The first-order valence-corrected chi connectivity index (χ1v) is 14.0. The molecule has 0 fully saturated rings. The summed E-state index contributed by atoms with van der Waals surface area (Å²) in [6.07, 6.45) is 6.34. The standard InChI is InChI=1S/C29H35N9O3/c1-29(2,3)27-35-25(36-41-27)26(40)32-22-9-12-37(13-14-39)17-19-15-18(6-7-20(19)22)21-8-10-30-28(33-21)34-23-16-31-38-11-4-5-24(23)38/h6-8,10,15-16,22,39H,4-5,9,11-14,17H2,1-3H3,(H,32,40)(H,30,33,34)/t22-/m0/s1. The summed E-state index contributed by atoms with van der Waals surface area (Å²) in [5.41, 5.74) is 5.58. The highest BCUT2D eigenvalue weighted by Gasteiger charge is 2.28. The van der Waals surface area contributed by atoms with E-state index >= 15 is 0 Å². The fourth-order valence-electron chi connectivity index (χ4n) is 5.42. The van der Waals surface area contributed by atoms with Crippen LogP contribution >= 0.6 is 0 Å². The lowest BCUT2D eigenvalue weighted by molar-refractivity contribution is 0.0918. The number of aliphatic hydroxyl groups is 1. The highest BCUT2D eigenvalue weighted by atomic mass is 16.5. The van der Waals surface area contributed by atoms with E-state index in [9.17, 15) is 9.90 Å². The summed E-state index contributed by atoms with van der Waals surface area (Å²) in [7, 11) is 0. The zero-order valence-electron chi connectivity index (χ0n) is 23.6. The maximum absolute atomic E-state index is 13.1. The van der Waals surface area contributed by atoms with Crippen LogP contribution in [0.4, 0.5) is 11.6 Å². The fraction of sp³-hybridized carbons (Fsp3) is 0.448. The van der Waals surface area contributed by atoms with Crippen molar-refractivity contribution in [3.8, 4) is 11.3 Å². The number of aryl methyl sites for hydroxylation is 1. The number of aromatic nitrogens is 6. The summed E-state index contributed by atoms with van der Waals surface area (Å²) in [6, 6.07) is 7.82. The van der Waals surface area contributed by atoms with Gasteiger partial charge in [-0.05, 0) is 42.5 Å². The van der Waals surface area contributed by atoms with Gasteiger partial charge in [-0.2, -0.15) is 10.1 Å². The number of fused-ring (bicyclic) bond motifs is 2. The van der Waals surface area contributed by atoms with Crippen LogP contribution in [-0.2, 0) is 24.9 Å². The summed E-state index contributed by atoms with van der Waals surface area (Å²) < 4.78 is 7.35. The van der Waals surface area contributed by atoms with Gasteiger partial charge < -0.3 is 20.3 Å². The average molecular weight is 558 g/mol. The van der Waals surface area contributed by atoms with Crippen LogP contribution in [0.25, 0.3) is 11.3 Å². The van der Waals surface area contributed by atoms with Gasteiger partial charge in [0.25, 0.3) is 11.7 Å². The summed E-state index contributed by atoms with van der Waals surface area (Å²) in [5.74, 6) is 0.578. The molecule has 1 atom stereocenters. The van der Waals surface area contributed by atoms with Crippen LogP contribution in [0.3, 0.4) is 0 Å². The van der Waals surface area contributed by atoms with Gasteiger partial charge >= 0.3 is 0 Å². The normalized spacial score (nSPS) is 17.1. The minimum absolute atomic E-state index is 0.0228. The lowest BCUT2D eigenvalue weighted by Crippen LogP contribution is -2.31. The monoisotopic (exact) mass is 557 g/mol. The molecule has 0 radical (unpaired) electrons. The molecular formula is C29H35N9O3. The van der Waals surface area contributed by atoms with Gasteiger partial charge in [0.15, 0.2) is 0 Å². The first-order valence-electron chi connectivity index (χ1n) is 14.0. The number of amides is 1. The quantitative estimate of drug-likeness (QED) is 0.309. The third kappa shape index (κ3) is 5.70. The second kappa shape index (κ2) is 11.0. The van der Waals surface area contributed by atoms with Gasteiger partial charge in [-0.25, -0.2) is 9.97 Å². The van der Waals surface area contributed by atoms with Gasteiger partial charge in [-0.15, -0.1) is 0 Å². The van der Waals surface area contributed by atoms with Crippen LogP contribution in [0.2, 0.25) is 0 Å². The van der Waals surface area contributed by atoms with Crippen molar-refractivity contribution in [2.24, 2.45) is 0 Å². The van der Waals surface area contributed by atoms with Crippen molar-refractivity contribution in [1.82, 2.24) is 40.1 Å². The van der Waals surface area contributed by atoms with Gasteiger partial charge in [-0.3, -0.25) is 14.4 Å². The SMILES string of the molecule is CC(C)(C)c1nc(C(=O)N[C@H]2CCN(CCO)Cc3cc(-c4ccnc(Nc5cnn6c5CCC6)n4)ccc32)no1. The lowest BCUT2D eigenvalue weighted by atomic mass is 9.96. The summed E-state index contributed by atoms with van der Waals surface area (Å²) in [6.45, 7) is 8.77. The van der Waals surface area contributed by atoms with Gasteiger partial charge in [0.2, 0.25) is 11.8 Å². The molecule has 2 aliphatic heterocycles. The second-order valence-electron chi connectivity index (χ2n) is 11.6. The third-order valence-electron chi connectivity index (χ3n) is 7.57. The largest absolute Gasteiger partial charge is 0.395 e. The van der Waals surface area contributed by atoms with E-state index < -0.39 is 0 Å². The summed E-state index contributed by atoms with van der Waals surface area (Å²) in [5, 5.41) is 24.5. The predicted octanol–water partition coefficient (Wildman–Crippen LogP) is 3.38. The van der Waals surface area contributed by atoms with Crippen molar-refractivity contribution in [2.75, 3.05) is 25.0 Å². The van der Waals surface area contributed by atoms with E-state index in [-0.39, 0.29) is 29.8 Å². The van der Waals surface area contributed by atoms with E-state index in [0.717, 1.165) is 47.5 Å². The van der Waals surface area contributed by atoms with Crippen LogP contribution in [-0.4, -0.2) is 65.5 Å². The van der Waals surface area contributed by atoms with Gasteiger partial charge in [-0.1, -0.05) is 38.1 Å². The molecule has 4 aromatic rings. The molecule has 5 heterocycles. The average Bonchev–Trinajstić information content (AvgIpc) is 3.68. The minimum Gasteiger partial charge on any atom is -0.395 e. The number of benzene rings is 1.